The Hall–Kier alpha value is -1.77. The minimum atomic E-state index is 0.0965. The van der Waals surface area contributed by atoms with E-state index in [0.29, 0.717) is 12.3 Å². The first-order valence-electron chi connectivity index (χ1n) is 6.82. The van der Waals surface area contributed by atoms with Crippen LogP contribution >= 0.6 is 0 Å². The molecule has 2 aromatic rings. The van der Waals surface area contributed by atoms with Gasteiger partial charge in [-0.2, -0.15) is 0 Å². The topological polar surface area (TPSA) is 44.9 Å². The predicted molar refractivity (Wildman–Crippen MR) is 79.3 cm³/mol. The van der Waals surface area contributed by atoms with E-state index in [1.165, 1.54) is 5.56 Å². The molecule has 2 N–H and O–H groups in total. The number of carbonyl (C=O) groups excluding carboxylic acids is 1. The Labute approximate surface area is 114 Å². The largest absolute Gasteiger partial charge is 0.358 e. The normalized spacial score (nSPS) is 11.2. The average Bonchev–Trinajstić information content (AvgIpc) is 2.63. The van der Waals surface area contributed by atoms with Crippen LogP contribution in [-0.2, 0) is 11.2 Å². The van der Waals surface area contributed by atoms with Crippen LogP contribution in [-0.4, -0.2) is 17.4 Å². The van der Waals surface area contributed by atoms with E-state index in [1.807, 2.05) is 6.92 Å². The molecule has 3 heteroatoms. The van der Waals surface area contributed by atoms with Gasteiger partial charge in [0.05, 0.1) is 6.42 Å². The highest BCUT2D eigenvalue weighted by Gasteiger charge is 2.12. The van der Waals surface area contributed by atoms with Gasteiger partial charge in [-0.3, -0.25) is 4.79 Å². The summed E-state index contributed by atoms with van der Waals surface area (Å²) in [5.41, 5.74) is 4.52. The summed E-state index contributed by atoms with van der Waals surface area (Å²) in [4.78, 5) is 15.3. The number of aromatic amines is 1. The van der Waals surface area contributed by atoms with Gasteiger partial charge in [0.15, 0.2) is 0 Å². The van der Waals surface area contributed by atoms with Crippen molar-refractivity contribution in [3.63, 3.8) is 0 Å². The summed E-state index contributed by atoms with van der Waals surface area (Å²) >= 11 is 0. The van der Waals surface area contributed by atoms with Gasteiger partial charge in [-0.05, 0) is 37.5 Å². The van der Waals surface area contributed by atoms with E-state index in [9.17, 15) is 4.79 Å². The Morgan fingerprint density at radius 2 is 2.05 bits per heavy atom. The highest BCUT2D eigenvalue weighted by atomic mass is 16.1. The maximum atomic E-state index is 12.0. The van der Waals surface area contributed by atoms with Crippen molar-refractivity contribution < 1.29 is 4.79 Å². The SMILES string of the molecule is Cc1ccc2[nH]c(C)c(CC(=O)NCC(C)C)c2c1. The monoisotopic (exact) mass is 258 g/mol. The first kappa shape index (κ1) is 13.7. The van der Waals surface area contributed by atoms with Gasteiger partial charge in [-0.15, -0.1) is 0 Å². The van der Waals surface area contributed by atoms with E-state index < -0.39 is 0 Å². The molecule has 0 saturated carbocycles. The molecule has 1 heterocycles. The van der Waals surface area contributed by atoms with Crippen molar-refractivity contribution in [2.24, 2.45) is 5.92 Å². The van der Waals surface area contributed by atoms with Crippen molar-refractivity contribution in [3.05, 3.63) is 35.0 Å². The molecule has 0 spiro atoms. The fourth-order valence-electron chi connectivity index (χ4n) is 2.27. The molecule has 0 radical (unpaired) electrons. The van der Waals surface area contributed by atoms with E-state index >= 15 is 0 Å². The number of hydrogen-bond acceptors (Lipinski definition) is 1. The van der Waals surface area contributed by atoms with E-state index in [4.69, 9.17) is 0 Å². The van der Waals surface area contributed by atoms with Crippen LogP contribution in [0, 0.1) is 19.8 Å². The molecule has 2 rings (SSSR count). The summed E-state index contributed by atoms with van der Waals surface area (Å²) in [5, 5.41) is 4.14. The van der Waals surface area contributed by atoms with Crippen LogP contribution in [0.25, 0.3) is 10.9 Å². The van der Waals surface area contributed by atoms with Gasteiger partial charge in [0.25, 0.3) is 0 Å². The number of amides is 1. The van der Waals surface area contributed by atoms with Crippen molar-refractivity contribution in [2.75, 3.05) is 6.54 Å². The van der Waals surface area contributed by atoms with Gasteiger partial charge in [0, 0.05) is 23.1 Å². The molecule has 1 aromatic carbocycles. The Bertz CT molecular complexity index is 596. The second-order valence-corrected chi connectivity index (χ2v) is 5.65. The zero-order valence-corrected chi connectivity index (χ0v) is 12.1. The molecule has 102 valence electrons. The lowest BCUT2D eigenvalue weighted by Crippen LogP contribution is -2.28. The van der Waals surface area contributed by atoms with Crippen LogP contribution in [0.5, 0.6) is 0 Å². The molecule has 0 aliphatic heterocycles. The maximum absolute atomic E-state index is 12.0. The van der Waals surface area contributed by atoms with Gasteiger partial charge < -0.3 is 10.3 Å². The van der Waals surface area contributed by atoms with Crippen LogP contribution in [0.1, 0.15) is 30.7 Å². The van der Waals surface area contributed by atoms with Crippen molar-refractivity contribution in [1.29, 1.82) is 0 Å². The van der Waals surface area contributed by atoms with Gasteiger partial charge in [-0.25, -0.2) is 0 Å². The molecular formula is C16H22N2O. The van der Waals surface area contributed by atoms with Crippen LogP contribution < -0.4 is 5.32 Å². The fraction of sp³-hybridized carbons (Fsp3) is 0.438. The summed E-state index contributed by atoms with van der Waals surface area (Å²) in [6, 6.07) is 6.30. The summed E-state index contributed by atoms with van der Waals surface area (Å²) in [7, 11) is 0. The molecule has 1 amide bonds. The first-order chi connectivity index (χ1) is 8.97. The first-order valence-corrected chi connectivity index (χ1v) is 6.82. The molecule has 0 atom stereocenters. The van der Waals surface area contributed by atoms with Crippen LogP contribution in [0.4, 0.5) is 0 Å². The lowest BCUT2D eigenvalue weighted by molar-refractivity contribution is -0.120. The Kier molecular flexibility index (Phi) is 3.93. The zero-order valence-electron chi connectivity index (χ0n) is 12.1. The number of benzene rings is 1. The number of aromatic nitrogens is 1. The molecule has 0 aliphatic carbocycles. The van der Waals surface area contributed by atoms with Crippen molar-refractivity contribution in [3.8, 4) is 0 Å². The predicted octanol–water partition coefficient (Wildman–Crippen LogP) is 3.10. The third-order valence-corrected chi connectivity index (χ3v) is 3.32. The van der Waals surface area contributed by atoms with Gasteiger partial charge in [0.1, 0.15) is 0 Å². The molecule has 0 unspecified atom stereocenters. The van der Waals surface area contributed by atoms with Crippen molar-refractivity contribution in [1.82, 2.24) is 10.3 Å². The Balaban J connectivity index is 2.22. The number of hydrogen-bond donors (Lipinski definition) is 2. The molecule has 1 aromatic heterocycles. The van der Waals surface area contributed by atoms with E-state index in [0.717, 1.165) is 28.7 Å². The molecule has 0 saturated heterocycles. The third-order valence-electron chi connectivity index (χ3n) is 3.32. The number of nitrogens with one attached hydrogen (secondary N) is 2. The quantitative estimate of drug-likeness (QED) is 0.869. The summed E-state index contributed by atoms with van der Waals surface area (Å²) in [6.07, 6.45) is 0.446. The molecule has 0 aliphatic rings. The minimum Gasteiger partial charge on any atom is -0.358 e. The molecular weight excluding hydrogens is 236 g/mol. The Morgan fingerprint density at radius 3 is 2.74 bits per heavy atom. The summed E-state index contributed by atoms with van der Waals surface area (Å²) < 4.78 is 0. The molecule has 0 fully saturated rings. The second-order valence-electron chi connectivity index (χ2n) is 5.65. The highest BCUT2D eigenvalue weighted by Crippen LogP contribution is 2.23. The smallest absolute Gasteiger partial charge is 0.224 e. The maximum Gasteiger partial charge on any atom is 0.224 e. The fourth-order valence-corrected chi connectivity index (χ4v) is 2.27. The number of carbonyl (C=O) groups is 1. The second kappa shape index (κ2) is 5.47. The molecule has 19 heavy (non-hydrogen) atoms. The highest BCUT2D eigenvalue weighted by molar-refractivity contribution is 5.90. The summed E-state index contributed by atoms with van der Waals surface area (Å²) in [5.74, 6) is 0.578. The average molecular weight is 258 g/mol. The van der Waals surface area contributed by atoms with Crippen molar-refractivity contribution >= 4 is 16.8 Å². The lowest BCUT2D eigenvalue weighted by atomic mass is 10.1. The number of H-pyrrole nitrogens is 1. The zero-order chi connectivity index (χ0) is 14.0. The van der Waals surface area contributed by atoms with Gasteiger partial charge in [0.2, 0.25) is 5.91 Å². The molecule has 0 bridgehead atoms. The van der Waals surface area contributed by atoms with E-state index in [1.54, 1.807) is 0 Å². The van der Waals surface area contributed by atoms with Gasteiger partial charge in [-0.1, -0.05) is 25.5 Å². The standard InChI is InChI=1S/C16H22N2O/c1-10(2)9-17-16(19)8-13-12(4)18-15-6-5-11(3)7-14(13)15/h5-7,10,18H,8-9H2,1-4H3,(H,17,19). The Morgan fingerprint density at radius 1 is 1.32 bits per heavy atom. The lowest BCUT2D eigenvalue weighted by Gasteiger charge is -2.07. The molecule has 3 nitrogen and oxygen atoms in total. The summed E-state index contributed by atoms with van der Waals surface area (Å²) in [6.45, 7) is 9.03. The number of aryl methyl sites for hydroxylation is 2. The number of fused-ring (bicyclic) bond motifs is 1. The van der Waals surface area contributed by atoms with Crippen LogP contribution in [0.3, 0.4) is 0 Å². The van der Waals surface area contributed by atoms with Gasteiger partial charge >= 0.3 is 0 Å². The number of rotatable bonds is 4. The minimum absolute atomic E-state index is 0.0965. The van der Waals surface area contributed by atoms with Crippen LogP contribution in [0.2, 0.25) is 0 Å². The van der Waals surface area contributed by atoms with E-state index in [-0.39, 0.29) is 5.91 Å². The van der Waals surface area contributed by atoms with Crippen LogP contribution in [0.15, 0.2) is 18.2 Å². The third kappa shape index (κ3) is 3.16. The van der Waals surface area contributed by atoms with E-state index in [2.05, 4.69) is 49.3 Å². The van der Waals surface area contributed by atoms with Crippen molar-refractivity contribution in [2.45, 2.75) is 34.1 Å².